The Bertz CT molecular complexity index is 513. The van der Waals surface area contributed by atoms with Crippen LogP contribution in [0.3, 0.4) is 0 Å². The van der Waals surface area contributed by atoms with Gasteiger partial charge in [0.25, 0.3) is 0 Å². The van der Waals surface area contributed by atoms with Crippen molar-refractivity contribution in [3.05, 3.63) is 63.3 Å². The van der Waals surface area contributed by atoms with Crippen molar-refractivity contribution in [2.24, 2.45) is 0 Å². The largest absolute Gasteiger partial charge is 0.263 e. The molecule has 0 fully saturated rings. The maximum Gasteiger partial charge on any atom is 0.0410 e. The normalized spacial score (nSPS) is 12.4. The fourth-order valence-corrected chi connectivity index (χ4v) is 2.99. The van der Waals surface area contributed by atoms with Crippen LogP contribution in [-0.4, -0.2) is 10.3 Å². The van der Waals surface area contributed by atoms with Crippen LogP contribution in [0.15, 0.2) is 47.2 Å². The van der Waals surface area contributed by atoms with Crippen LogP contribution in [0.25, 0.3) is 0 Å². The quantitative estimate of drug-likeness (QED) is 0.654. The van der Waals surface area contributed by atoms with Crippen molar-refractivity contribution in [3.63, 3.8) is 0 Å². The lowest BCUT2D eigenvalue weighted by Gasteiger charge is -2.14. The fourth-order valence-electron chi connectivity index (χ4n) is 1.85. The van der Waals surface area contributed by atoms with Crippen LogP contribution in [0.2, 0.25) is 5.02 Å². The Morgan fingerprint density at radius 1 is 1.17 bits per heavy atom. The van der Waals surface area contributed by atoms with E-state index in [1.165, 1.54) is 11.1 Å². The highest BCUT2D eigenvalue weighted by molar-refractivity contribution is 9.10. The Morgan fingerprint density at radius 2 is 1.89 bits per heavy atom. The predicted octanol–water partition coefficient (Wildman–Crippen LogP) is 5.22. The summed E-state index contributed by atoms with van der Waals surface area (Å²) in [6.07, 6.45) is 4.67. The molecule has 1 atom stereocenters. The van der Waals surface area contributed by atoms with Gasteiger partial charge in [-0.05, 0) is 57.6 Å². The van der Waals surface area contributed by atoms with E-state index >= 15 is 0 Å². The summed E-state index contributed by atoms with van der Waals surface area (Å²) in [5.74, 6) is 0.429. The Labute approximate surface area is 129 Å². The van der Waals surface area contributed by atoms with Gasteiger partial charge >= 0.3 is 0 Å². The van der Waals surface area contributed by atoms with E-state index in [2.05, 4.69) is 55.0 Å². The molecule has 2 rings (SSSR count). The van der Waals surface area contributed by atoms with Crippen molar-refractivity contribution in [2.75, 3.05) is 5.33 Å². The molecule has 0 radical (unpaired) electrons. The molecule has 1 nitrogen and oxygen atoms in total. The van der Waals surface area contributed by atoms with Gasteiger partial charge < -0.3 is 0 Å². The predicted molar refractivity (Wildman–Crippen MR) is 83.6 cm³/mol. The summed E-state index contributed by atoms with van der Waals surface area (Å²) in [5.41, 5.74) is 2.51. The number of halogens is 3. The highest BCUT2D eigenvalue weighted by Crippen LogP contribution is 2.25. The Kier molecular flexibility index (Phi) is 5.22. The highest BCUT2D eigenvalue weighted by atomic mass is 79.9. The van der Waals surface area contributed by atoms with Gasteiger partial charge in [-0.1, -0.05) is 39.7 Å². The van der Waals surface area contributed by atoms with Crippen LogP contribution in [0.1, 0.15) is 17.0 Å². The third-order valence-electron chi connectivity index (χ3n) is 2.77. The molecule has 4 heteroatoms. The smallest absolute Gasteiger partial charge is 0.0410 e. The number of rotatable bonds is 4. The third-order valence-corrected chi connectivity index (χ3v) is 4.24. The first-order valence-electron chi connectivity index (χ1n) is 5.60. The van der Waals surface area contributed by atoms with E-state index in [1.807, 2.05) is 18.3 Å². The minimum absolute atomic E-state index is 0.429. The molecule has 94 valence electrons. The Morgan fingerprint density at radius 3 is 2.50 bits per heavy atom. The van der Waals surface area contributed by atoms with Crippen LogP contribution in [-0.2, 0) is 6.42 Å². The topological polar surface area (TPSA) is 12.9 Å². The maximum absolute atomic E-state index is 5.91. The van der Waals surface area contributed by atoms with Crippen LogP contribution in [0.5, 0.6) is 0 Å². The lowest BCUT2D eigenvalue weighted by Crippen LogP contribution is -2.04. The molecule has 0 amide bonds. The summed E-state index contributed by atoms with van der Waals surface area (Å²) < 4.78 is 1.02. The number of hydrogen-bond acceptors (Lipinski definition) is 1. The van der Waals surface area contributed by atoms with Crippen LogP contribution >= 0.6 is 43.5 Å². The van der Waals surface area contributed by atoms with E-state index in [9.17, 15) is 0 Å². The first-order valence-corrected chi connectivity index (χ1v) is 7.89. The highest BCUT2D eigenvalue weighted by Gasteiger charge is 2.11. The summed E-state index contributed by atoms with van der Waals surface area (Å²) >= 11 is 12.9. The number of nitrogens with zero attached hydrogens (tertiary/aromatic N) is 1. The average Bonchev–Trinajstić information content (AvgIpc) is 2.37. The first-order chi connectivity index (χ1) is 8.69. The summed E-state index contributed by atoms with van der Waals surface area (Å²) in [6, 6.07) is 10.1. The molecule has 1 aromatic heterocycles. The summed E-state index contributed by atoms with van der Waals surface area (Å²) in [7, 11) is 0. The lowest BCUT2D eigenvalue weighted by atomic mass is 9.94. The minimum atomic E-state index is 0.429. The van der Waals surface area contributed by atoms with Gasteiger partial charge in [-0.15, -0.1) is 0 Å². The monoisotopic (exact) mass is 387 g/mol. The zero-order chi connectivity index (χ0) is 13.0. The molecule has 0 aliphatic carbocycles. The van der Waals surface area contributed by atoms with Crippen molar-refractivity contribution in [2.45, 2.75) is 12.3 Å². The fraction of sp³-hybridized carbons (Fsp3) is 0.214. The van der Waals surface area contributed by atoms with E-state index in [0.717, 1.165) is 21.2 Å². The van der Waals surface area contributed by atoms with Gasteiger partial charge in [0, 0.05) is 27.2 Å². The second kappa shape index (κ2) is 6.69. The van der Waals surface area contributed by atoms with Crippen LogP contribution in [0.4, 0.5) is 0 Å². The summed E-state index contributed by atoms with van der Waals surface area (Å²) in [6.45, 7) is 0. The average molecular weight is 390 g/mol. The summed E-state index contributed by atoms with van der Waals surface area (Å²) in [4.78, 5) is 4.20. The van der Waals surface area contributed by atoms with Gasteiger partial charge in [-0.2, -0.15) is 0 Å². The van der Waals surface area contributed by atoms with E-state index in [4.69, 9.17) is 11.6 Å². The minimum Gasteiger partial charge on any atom is -0.263 e. The van der Waals surface area contributed by atoms with Crippen LogP contribution in [0, 0.1) is 0 Å². The molecule has 0 aliphatic rings. The van der Waals surface area contributed by atoms with E-state index in [0.29, 0.717) is 5.92 Å². The van der Waals surface area contributed by atoms with Gasteiger partial charge in [-0.3, -0.25) is 4.98 Å². The molecule has 0 spiro atoms. The van der Waals surface area contributed by atoms with E-state index in [-0.39, 0.29) is 0 Å². The van der Waals surface area contributed by atoms with E-state index in [1.54, 1.807) is 6.20 Å². The van der Waals surface area contributed by atoms with Gasteiger partial charge in [0.1, 0.15) is 0 Å². The molecule has 18 heavy (non-hydrogen) atoms. The molecular formula is C14H12Br2ClN. The van der Waals surface area contributed by atoms with E-state index < -0.39 is 0 Å². The number of aromatic nitrogens is 1. The molecular weight excluding hydrogens is 377 g/mol. The molecule has 0 aliphatic heterocycles. The molecule has 1 unspecified atom stereocenters. The second-order valence-corrected chi connectivity index (χ2v) is 6.12. The molecule has 0 N–H and O–H groups in total. The Hall–Kier alpha value is -0.380. The SMILES string of the molecule is Clc1ccc(C(CBr)Cc2cncc(Br)c2)cc1. The first kappa shape index (κ1) is 14.0. The van der Waals surface area contributed by atoms with Gasteiger partial charge in [0.2, 0.25) is 0 Å². The van der Waals surface area contributed by atoms with Crippen molar-refractivity contribution >= 4 is 43.5 Å². The molecule has 0 saturated heterocycles. The lowest BCUT2D eigenvalue weighted by molar-refractivity contribution is 0.772. The second-order valence-electron chi connectivity index (χ2n) is 4.12. The summed E-state index contributed by atoms with van der Waals surface area (Å²) in [5, 5.41) is 1.69. The van der Waals surface area contributed by atoms with Crippen molar-refractivity contribution in [1.82, 2.24) is 4.98 Å². The van der Waals surface area contributed by atoms with Gasteiger partial charge in [-0.25, -0.2) is 0 Å². The zero-order valence-corrected chi connectivity index (χ0v) is 13.5. The maximum atomic E-state index is 5.91. The number of hydrogen-bond donors (Lipinski definition) is 0. The standard InChI is InChI=1S/C14H12Br2ClN/c15-7-12(11-1-3-14(17)4-2-11)5-10-6-13(16)9-18-8-10/h1-4,6,8-9,12H,5,7H2. The molecule has 1 aromatic carbocycles. The number of alkyl halides is 1. The van der Waals surface area contributed by atoms with Crippen molar-refractivity contribution in [3.8, 4) is 0 Å². The third kappa shape index (κ3) is 3.81. The van der Waals surface area contributed by atoms with Crippen LogP contribution < -0.4 is 0 Å². The van der Waals surface area contributed by atoms with Gasteiger partial charge in [0.05, 0.1) is 0 Å². The molecule has 0 bridgehead atoms. The van der Waals surface area contributed by atoms with Crippen molar-refractivity contribution in [1.29, 1.82) is 0 Å². The molecule has 2 aromatic rings. The zero-order valence-electron chi connectivity index (χ0n) is 9.61. The van der Waals surface area contributed by atoms with Gasteiger partial charge in [0.15, 0.2) is 0 Å². The number of benzene rings is 1. The number of pyridine rings is 1. The Balaban J connectivity index is 2.17. The molecule has 0 saturated carbocycles. The molecule has 1 heterocycles. The van der Waals surface area contributed by atoms with Crippen molar-refractivity contribution < 1.29 is 0 Å².